The smallest absolute Gasteiger partial charge is 0.237 e. The summed E-state index contributed by atoms with van der Waals surface area (Å²) in [4.78, 5) is 5.77. The van der Waals surface area contributed by atoms with E-state index in [4.69, 9.17) is 18.9 Å². The van der Waals surface area contributed by atoms with Crippen LogP contribution in [0.1, 0.15) is 0 Å². The number of hydrogen-bond acceptors (Lipinski definition) is 5. The molecule has 0 fully saturated rings. The van der Waals surface area contributed by atoms with E-state index in [1.807, 2.05) is 66.0 Å². The summed E-state index contributed by atoms with van der Waals surface area (Å²) in [6.07, 6.45) is 0. The molecule has 0 saturated heterocycles. The number of hydrogen-bond donors (Lipinski definition) is 0. The second-order valence-corrected chi connectivity index (χ2v) is 6.53. The molecule has 0 spiro atoms. The Labute approximate surface area is 155 Å². The van der Waals surface area contributed by atoms with Crippen molar-refractivity contribution in [2.45, 2.75) is 0 Å². The summed E-state index contributed by atoms with van der Waals surface area (Å²) < 4.78 is 17.3. The lowest BCUT2D eigenvalue weighted by molar-refractivity contribution is 0.397. The molecule has 4 nitrogen and oxygen atoms in total. The van der Waals surface area contributed by atoms with E-state index < -0.39 is 0 Å². The van der Waals surface area contributed by atoms with Gasteiger partial charge in [0.1, 0.15) is 17.2 Å². The Balaban J connectivity index is 1.99. The topological polar surface area (TPSA) is 44.5 Å². The lowest BCUT2D eigenvalue weighted by Gasteiger charge is -2.12. The highest BCUT2D eigenvalue weighted by atomic mass is 32.1. The van der Waals surface area contributed by atoms with Crippen LogP contribution in [0, 0.1) is 0 Å². The summed E-state index contributed by atoms with van der Waals surface area (Å²) >= 11 is 1.59. The zero-order valence-corrected chi connectivity index (χ0v) is 15.2. The Bertz CT molecular complexity index is 985. The van der Waals surface area contributed by atoms with Gasteiger partial charge in [0.25, 0.3) is 0 Å². The first kappa shape index (κ1) is 16.4. The van der Waals surface area contributed by atoms with Gasteiger partial charge in [-0.25, -0.2) is 4.98 Å². The van der Waals surface area contributed by atoms with Crippen LogP contribution in [0.5, 0.6) is 11.5 Å². The third-order valence-corrected chi connectivity index (χ3v) is 4.92. The molecule has 0 N–H and O–H groups in total. The minimum atomic E-state index is 0.585. The highest BCUT2D eigenvalue weighted by Crippen LogP contribution is 2.44. The second kappa shape index (κ2) is 7.06. The van der Waals surface area contributed by atoms with Gasteiger partial charge in [-0.3, -0.25) is 0 Å². The molecule has 0 aliphatic heterocycles. The number of benzene rings is 2. The molecule has 0 unspecified atom stereocenters. The van der Waals surface area contributed by atoms with Gasteiger partial charge in [-0.15, -0.1) is 11.3 Å². The summed E-state index contributed by atoms with van der Waals surface area (Å²) in [5.41, 5.74) is 2.43. The standard InChI is InChI=1S/C21H17NO3S/c1-23-15-10-6-11-16(24-2)18(15)19-20(14-8-4-3-5-9-14)25-21(22-19)17-12-7-13-26-17/h3-13H,1-2H3. The lowest BCUT2D eigenvalue weighted by atomic mass is 10.0. The minimum absolute atomic E-state index is 0.585. The van der Waals surface area contributed by atoms with Gasteiger partial charge < -0.3 is 13.9 Å². The molecule has 26 heavy (non-hydrogen) atoms. The Morgan fingerprint density at radius 1 is 0.846 bits per heavy atom. The molecule has 0 radical (unpaired) electrons. The van der Waals surface area contributed by atoms with Gasteiger partial charge in [0.15, 0.2) is 5.76 Å². The van der Waals surface area contributed by atoms with Crippen LogP contribution < -0.4 is 9.47 Å². The Hall–Kier alpha value is -3.05. The first-order valence-corrected chi connectivity index (χ1v) is 9.01. The molecular weight excluding hydrogens is 346 g/mol. The van der Waals surface area contributed by atoms with Crippen LogP contribution in [0.2, 0.25) is 0 Å². The molecule has 2 aromatic carbocycles. The number of aromatic nitrogens is 1. The largest absolute Gasteiger partial charge is 0.496 e. The third-order valence-electron chi connectivity index (χ3n) is 4.06. The third kappa shape index (κ3) is 2.86. The number of methoxy groups -OCH3 is 2. The summed E-state index contributed by atoms with van der Waals surface area (Å²) in [5, 5.41) is 2.01. The predicted molar refractivity (Wildman–Crippen MR) is 104 cm³/mol. The number of thiophene rings is 1. The molecule has 0 atom stereocenters. The molecule has 2 aromatic heterocycles. The van der Waals surface area contributed by atoms with Crippen molar-refractivity contribution in [3.63, 3.8) is 0 Å². The molecule has 0 saturated carbocycles. The molecule has 0 aliphatic carbocycles. The molecule has 0 amide bonds. The maximum atomic E-state index is 6.19. The Morgan fingerprint density at radius 2 is 1.58 bits per heavy atom. The SMILES string of the molecule is COc1cccc(OC)c1-c1nc(-c2cccs2)oc1-c1ccccc1. The fourth-order valence-corrected chi connectivity index (χ4v) is 3.51. The van der Waals surface area contributed by atoms with Crippen molar-refractivity contribution in [3.8, 4) is 44.8 Å². The monoisotopic (exact) mass is 363 g/mol. The average molecular weight is 363 g/mol. The molecule has 0 bridgehead atoms. The molecule has 2 heterocycles. The number of nitrogens with zero attached hydrogens (tertiary/aromatic N) is 1. The van der Waals surface area contributed by atoms with E-state index in [0.29, 0.717) is 28.8 Å². The van der Waals surface area contributed by atoms with E-state index in [1.165, 1.54) is 0 Å². The average Bonchev–Trinajstić information content (AvgIpc) is 3.37. The zero-order valence-electron chi connectivity index (χ0n) is 14.4. The van der Waals surface area contributed by atoms with E-state index in [0.717, 1.165) is 16.0 Å². The van der Waals surface area contributed by atoms with Crippen LogP contribution in [-0.4, -0.2) is 19.2 Å². The van der Waals surface area contributed by atoms with Gasteiger partial charge in [0.05, 0.1) is 24.7 Å². The fourth-order valence-electron chi connectivity index (χ4n) is 2.86. The number of rotatable bonds is 5. The van der Waals surface area contributed by atoms with Crippen LogP contribution in [-0.2, 0) is 0 Å². The maximum Gasteiger partial charge on any atom is 0.237 e. The molecule has 4 rings (SSSR count). The van der Waals surface area contributed by atoms with Gasteiger partial charge >= 0.3 is 0 Å². The van der Waals surface area contributed by atoms with Crippen molar-refractivity contribution in [3.05, 3.63) is 66.0 Å². The van der Waals surface area contributed by atoms with Crippen molar-refractivity contribution < 1.29 is 13.9 Å². The molecular formula is C21H17NO3S. The normalized spacial score (nSPS) is 10.7. The van der Waals surface area contributed by atoms with E-state index in [-0.39, 0.29) is 0 Å². The minimum Gasteiger partial charge on any atom is -0.496 e. The van der Waals surface area contributed by atoms with Gasteiger partial charge in [-0.1, -0.05) is 42.5 Å². The van der Waals surface area contributed by atoms with Crippen molar-refractivity contribution in [2.24, 2.45) is 0 Å². The molecule has 130 valence electrons. The van der Waals surface area contributed by atoms with Crippen LogP contribution in [0.4, 0.5) is 0 Å². The fraction of sp³-hybridized carbons (Fsp3) is 0.0952. The summed E-state index contributed by atoms with van der Waals surface area (Å²) in [6.45, 7) is 0. The van der Waals surface area contributed by atoms with Crippen molar-refractivity contribution >= 4 is 11.3 Å². The van der Waals surface area contributed by atoms with Crippen LogP contribution in [0.15, 0.2) is 70.5 Å². The highest BCUT2D eigenvalue weighted by molar-refractivity contribution is 7.13. The number of ether oxygens (including phenoxy) is 2. The van der Waals surface area contributed by atoms with E-state index in [1.54, 1.807) is 25.6 Å². The summed E-state index contributed by atoms with van der Waals surface area (Å²) in [6, 6.07) is 19.6. The first-order valence-electron chi connectivity index (χ1n) is 8.13. The molecule has 5 heteroatoms. The Morgan fingerprint density at radius 3 is 2.19 bits per heavy atom. The van der Waals surface area contributed by atoms with E-state index >= 15 is 0 Å². The van der Waals surface area contributed by atoms with Crippen molar-refractivity contribution in [1.82, 2.24) is 4.98 Å². The van der Waals surface area contributed by atoms with Crippen molar-refractivity contribution in [2.75, 3.05) is 14.2 Å². The van der Waals surface area contributed by atoms with E-state index in [2.05, 4.69) is 0 Å². The van der Waals surface area contributed by atoms with Crippen molar-refractivity contribution in [1.29, 1.82) is 0 Å². The van der Waals surface area contributed by atoms with Gasteiger partial charge in [-0.2, -0.15) is 0 Å². The quantitative estimate of drug-likeness (QED) is 0.452. The highest BCUT2D eigenvalue weighted by Gasteiger charge is 2.24. The zero-order chi connectivity index (χ0) is 17.9. The van der Waals surface area contributed by atoms with Gasteiger partial charge in [-0.05, 0) is 23.6 Å². The van der Waals surface area contributed by atoms with Crippen LogP contribution >= 0.6 is 11.3 Å². The Kier molecular flexibility index (Phi) is 4.46. The molecule has 4 aromatic rings. The van der Waals surface area contributed by atoms with Gasteiger partial charge in [0, 0.05) is 5.56 Å². The second-order valence-electron chi connectivity index (χ2n) is 5.58. The first-order chi connectivity index (χ1) is 12.8. The summed E-state index contributed by atoms with van der Waals surface area (Å²) in [7, 11) is 3.28. The summed E-state index contributed by atoms with van der Waals surface area (Å²) in [5.74, 6) is 2.65. The number of oxazole rings is 1. The maximum absolute atomic E-state index is 6.19. The molecule has 0 aliphatic rings. The van der Waals surface area contributed by atoms with Crippen LogP contribution in [0.3, 0.4) is 0 Å². The van der Waals surface area contributed by atoms with E-state index in [9.17, 15) is 0 Å². The van der Waals surface area contributed by atoms with Crippen LogP contribution in [0.25, 0.3) is 33.3 Å². The van der Waals surface area contributed by atoms with Gasteiger partial charge in [0.2, 0.25) is 5.89 Å². The lowest BCUT2D eigenvalue weighted by Crippen LogP contribution is -1.94. The predicted octanol–water partition coefficient (Wildman–Crippen LogP) is 5.75.